The third kappa shape index (κ3) is 1.75. The Hall–Kier alpha value is -3.68. The number of nitrogens with one attached hydrogen (secondary N) is 1. The van der Waals surface area contributed by atoms with Gasteiger partial charge in [-0.25, -0.2) is 0 Å². The molecule has 7 nitrogen and oxygen atoms in total. The van der Waals surface area contributed by atoms with E-state index in [4.69, 9.17) is 4.74 Å². The quantitative estimate of drug-likeness (QED) is 0.369. The van der Waals surface area contributed by atoms with Crippen molar-refractivity contribution in [1.82, 2.24) is 14.5 Å². The molecule has 2 atom stereocenters. The minimum absolute atomic E-state index is 0.361. The summed E-state index contributed by atoms with van der Waals surface area (Å²) >= 11 is 0. The van der Waals surface area contributed by atoms with Crippen LogP contribution in [0, 0.1) is 0 Å². The fourth-order valence-corrected chi connectivity index (χ4v) is 6.22. The van der Waals surface area contributed by atoms with Gasteiger partial charge in [0.1, 0.15) is 12.5 Å². The SMILES string of the molecule is O=C1NC(=O)c2c1c1c3ccccc3n3c1c1c2c2ccccc2n1C1CC(O)CC3O1. The standard InChI is InChI=1S/C25H17N3O4/c29-11-9-16-27-14-7-3-1-5-12(14)18-20-21(25(31)26-24(20)30)19-13-6-2-4-8-15(13)28(17(10-11)32-16)23(19)22(18)27/h1-8,11,16-17,29H,9-10H2,(H,26,30,31). The lowest BCUT2D eigenvalue weighted by Gasteiger charge is -2.33. The first kappa shape index (κ1) is 16.9. The van der Waals surface area contributed by atoms with Gasteiger partial charge in [-0.3, -0.25) is 14.9 Å². The number of imide groups is 1. The van der Waals surface area contributed by atoms with E-state index in [0.717, 1.165) is 43.6 Å². The van der Waals surface area contributed by atoms with Gasteiger partial charge in [-0.2, -0.15) is 0 Å². The zero-order chi connectivity index (χ0) is 21.3. The first-order chi connectivity index (χ1) is 15.6. The van der Waals surface area contributed by atoms with Crippen LogP contribution in [0.4, 0.5) is 0 Å². The molecule has 5 heterocycles. The second kappa shape index (κ2) is 5.38. The minimum Gasteiger partial charge on any atom is -0.393 e. The monoisotopic (exact) mass is 423 g/mol. The van der Waals surface area contributed by atoms with Crippen LogP contribution in [0.5, 0.6) is 0 Å². The summed E-state index contributed by atoms with van der Waals surface area (Å²) in [7, 11) is 0. The molecule has 0 aliphatic carbocycles. The molecule has 3 aliphatic heterocycles. The van der Waals surface area contributed by atoms with Crippen molar-refractivity contribution in [3.63, 3.8) is 0 Å². The summed E-state index contributed by atoms with van der Waals surface area (Å²) < 4.78 is 10.8. The highest BCUT2D eigenvalue weighted by Gasteiger charge is 2.42. The van der Waals surface area contributed by atoms with Crippen molar-refractivity contribution in [2.24, 2.45) is 0 Å². The Kier molecular flexibility index (Phi) is 2.85. The van der Waals surface area contributed by atoms with Crippen LogP contribution in [0.3, 0.4) is 0 Å². The molecule has 0 spiro atoms. The molecular formula is C25H17N3O4. The van der Waals surface area contributed by atoms with Gasteiger partial charge in [0.05, 0.1) is 39.3 Å². The fraction of sp³-hybridized carbons (Fsp3) is 0.200. The molecule has 0 saturated carbocycles. The lowest BCUT2D eigenvalue weighted by Crippen LogP contribution is -2.30. The highest BCUT2D eigenvalue weighted by Crippen LogP contribution is 2.51. The summed E-state index contributed by atoms with van der Waals surface area (Å²) in [4.78, 5) is 26.2. The van der Waals surface area contributed by atoms with E-state index < -0.39 is 6.10 Å². The molecule has 2 N–H and O–H groups in total. The van der Waals surface area contributed by atoms with Gasteiger partial charge in [0.2, 0.25) is 0 Å². The number of aromatic nitrogens is 2. The molecule has 1 saturated heterocycles. The Bertz CT molecular complexity index is 1590. The number of benzene rings is 3. The van der Waals surface area contributed by atoms with E-state index in [2.05, 4.69) is 14.5 Å². The molecule has 3 aliphatic rings. The first-order valence-electron chi connectivity index (χ1n) is 10.8. The third-order valence-electron chi connectivity index (χ3n) is 7.31. The highest BCUT2D eigenvalue weighted by molar-refractivity contribution is 6.39. The number of aliphatic hydroxyl groups is 1. The van der Waals surface area contributed by atoms with E-state index in [0.29, 0.717) is 24.0 Å². The molecule has 32 heavy (non-hydrogen) atoms. The summed E-state index contributed by atoms with van der Waals surface area (Å²) in [5.74, 6) is -0.723. The van der Waals surface area contributed by atoms with E-state index in [-0.39, 0.29) is 24.3 Å². The van der Waals surface area contributed by atoms with Crippen LogP contribution in [-0.4, -0.2) is 32.2 Å². The number of nitrogens with zero attached hydrogens (tertiary/aromatic N) is 2. The number of aliphatic hydroxyl groups excluding tert-OH is 1. The molecule has 7 heteroatoms. The number of amides is 2. The topological polar surface area (TPSA) is 85.5 Å². The average molecular weight is 423 g/mol. The Morgan fingerprint density at radius 1 is 0.781 bits per heavy atom. The second-order valence-corrected chi connectivity index (χ2v) is 8.93. The summed E-state index contributed by atoms with van der Waals surface area (Å²) in [6.45, 7) is 0. The number of fused-ring (bicyclic) bond motifs is 13. The van der Waals surface area contributed by atoms with Crippen LogP contribution < -0.4 is 5.32 Å². The molecule has 3 aromatic carbocycles. The van der Waals surface area contributed by atoms with Crippen LogP contribution >= 0.6 is 0 Å². The van der Waals surface area contributed by atoms with Crippen molar-refractivity contribution in [1.29, 1.82) is 0 Å². The van der Waals surface area contributed by atoms with Crippen LogP contribution in [0.25, 0.3) is 43.6 Å². The number of rotatable bonds is 0. The number of ether oxygens (including phenoxy) is 1. The van der Waals surface area contributed by atoms with Crippen molar-refractivity contribution < 1.29 is 19.4 Å². The van der Waals surface area contributed by atoms with Gasteiger partial charge in [-0.1, -0.05) is 36.4 Å². The van der Waals surface area contributed by atoms with Gasteiger partial charge < -0.3 is 19.0 Å². The van der Waals surface area contributed by atoms with Crippen molar-refractivity contribution in [2.75, 3.05) is 0 Å². The largest absolute Gasteiger partial charge is 0.393 e. The predicted octanol–water partition coefficient (Wildman–Crippen LogP) is 3.97. The van der Waals surface area contributed by atoms with Gasteiger partial charge in [0.15, 0.2) is 0 Å². The Morgan fingerprint density at radius 3 is 1.75 bits per heavy atom. The molecule has 2 unspecified atom stereocenters. The van der Waals surface area contributed by atoms with E-state index in [1.807, 2.05) is 48.5 Å². The Balaban J connectivity index is 1.78. The second-order valence-electron chi connectivity index (χ2n) is 8.93. The average Bonchev–Trinajstić information content (AvgIpc) is 3.38. The fourth-order valence-electron chi connectivity index (χ4n) is 6.22. The Morgan fingerprint density at radius 2 is 1.25 bits per heavy atom. The van der Waals surface area contributed by atoms with Gasteiger partial charge in [-0.05, 0) is 12.1 Å². The lowest BCUT2D eigenvalue weighted by molar-refractivity contribution is -0.151. The maximum atomic E-state index is 13.1. The van der Waals surface area contributed by atoms with E-state index in [1.54, 1.807) is 0 Å². The molecule has 2 aromatic heterocycles. The van der Waals surface area contributed by atoms with Gasteiger partial charge >= 0.3 is 0 Å². The van der Waals surface area contributed by atoms with E-state index in [9.17, 15) is 14.7 Å². The predicted molar refractivity (Wildman–Crippen MR) is 119 cm³/mol. The van der Waals surface area contributed by atoms with Crippen molar-refractivity contribution in [3.8, 4) is 0 Å². The van der Waals surface area contributed by atoms with Crippen molar-refractivity contribution in [2.45, 2.75) is 31.4 Å². The highest BCUT2D eigenvalue weighted by atomic mass is 16.5. The summed E-state index contributed by atoms with van der Waals surface area (Å²) in [5.41, 5.74) is 4.52. The number of carbonyl (C=O) groups is 2. The molecule has 1 fully saturated rings. The number of hydrogen-bond acceptors (Lipinski definition) is 4. The number of para-hydroxylation sites is 2. The number of carbonyl (C=O) groups excluding carboxylic acids is 2. The zero-order valence-corrected chi connectivity index (χ0v) is 16.8. The minimum atomic E-state index is -0.516. The van der Waals surface area contributed by atoms with E-state index >= 15 is 0 Å². The van der Waals surface area contributed by atoms with Crippen LogP contribution in [0.2, 0.25) is 0 Å². The summed E-state index contributed by atoms with van der Waals surface area (Å²) in [6, 6.07) is 15.8. The van der Waals surface area contributed by atoms with Gasteiger partial charge in [-0.15, -0.1) is 0 Å². The Labute approximate surface area is 180 Å². The first-order valence-corrected chi connectivity index (χ1v) is 10.8. The van der Waals surface area contributed by atoms with Crippen LogP contribution in [0.1, 0.15) is 46.0 Å². The lowest BCUT2D eigenvalue weighted by atomic mass is 9.96. The number of hydrogen-bond donors (Lipinski definition) is 2. The molecular weight excluding hydrogens is 406 g/mol. The zero-order valence-electron chi connectivity index (χ0n) is 16.8. The molecule has 2 bridgehead atoms. The molecule has 5 aromatic rings. The molecule has 8 rings (SSSR count). The maximum Gasteiger partial charge on any atom is 0.259 e. The van der Waals surface area contributed by atoms with Crippen LogP contribution in [-0.2, 0) is 4.74 Å². The molecule has 0 radical (unpaired) electrons. The molecule has 2 amide bonds. The summed E-state index contributed by atoms with van der Waals surface area (Å²) in [6.07, 6.45) is -0.317. The van der Waals surface area contributed by atoms with Crippen molar-refractivity contribution >= 4 is 55.4 Å². The van der Waals surface area contributed by atoms with Gasteiger partial charge in [0.25, 0.3) is 11.8 Å². The maximum absolute atomic E-state index is 13.1. The van der Waals surface area contributed by atoms with Crippen LogP contribution in [0.15, 0.2) is 48.5 Å². The van der Waals surface area contributed by atoms with E-state index in [1.165, 1.54) is 0 Å². The summed E-state index contributed by atoms with van der Waals surface area (Å²) in [5, 5.41) is 16.7. The van der Waals surface area contributed by atoms with Gasteiger partial charge in [0, 0.05) is 34.4 Å². The smallest absolute Gasteiger partial charge is 0.259 e. The van der Waals surface area contributed by atoms with Crippen molar-refractivity contribution in [3.05, 3.63) is 59.7 Å². The third-order valence-corrected chi connectivity index (χ3v) is 7.31. The molecule has 156 valence electrons. The normalized spacial score (nSPS) is 24.1.